The number of hydrogen-bond acceptors (Lipinski definition) is 5. The van der Waals surface area contributed by atoms with Gasteiger partial charge in [-0.25, -0.2) is 0 Å². The van der Waals surface area contributed by atoms with E-state index >= 15 is 0 Å². The Morgan fingerprint density at radius 2 is 1.61 bits per heavy atom. The second-order valence-corrected chi connectivity index (χ2v) is 8.71. The topological polar surface area (TPSA) is 113 Å². The van der Waals surface area contributed by atoms with Crippen LogP contribution in [0.2, 0.25) is 0 Å². The van der Waals surface area contributed by atoms with E-state index in [1.165, 1.54) is 23.1 Å². The van der Waals surface area contributed by atoms with E-state index in [0.29, 0.717) is 17.7 Å². The Balaban J connectivity index is 1.53. The molecule has 5 amide bonds. The van der Waals surface area contributed by atoms with E-state index in [-0.39, 0.29) is 36.6 Å². The minimum atomic E-state index is -5.11. The van der Waals surface area contributed by atoms with Crippen molar-refractivity contribution >= 4 is 29.5 Å². The van der Waals surface area contributed by atoms with E-state index in [0.717, 1.165) is 0 Å². The number of amides is 5. The van der Waals surface area contributed by atoms with E-state index in [9.17, 15) is 50.3 Å². The summed E-state index contributed by atoms with van der Waals surface area (Å²) in [4.78, 5) is 63.1. The molecule has 4 rings (SSSR count). The van der Waals surface area contributed by atoms with Crippen molar-refractivity contribution in [2.75, 3.05) is 0 Å². The maximum absolute atomic E-state index is 13.1. The zero-order valence-corrected chi connectivity index (χ0v) is 19.1. The van der Waals surface area contributed by atoms with Crippen LogP contribution in [0.3, 0.4) is 0 Å². The van der Waals surface area contributed by atoms with Gasteiger partial charge in [0.15, 0.2) is 0 Å². The van der Waals surface area contributed by atoms with E-state index in [1.54, 1.807) is 0 Å². The van der Waals surface area contributed by atoms with Crippen molar-refractivity contribution in [2.45, 2.75) is 44.2 Å². The normalized spacial score (nSPS) is 17.8. The average Bonchev–Trinajstić information content (AvgIpc) is 3.14. The molecular formula is C24H17F6N3O5. The number of piperidine rings is 1. The van der Waals surface area contributed by atoms with E-state index in [2.05, 4.69) is 5.32 Å². The third kappa shape index (κ3) is 5.38. The number of alkyl halides is 6. The summed E-state index contributed by atoms with van der Waals surface area (Å²) in [5.74, 6) is -4.18. The second-order valence-electron chi connectivity index (χ2n) is 8.71. The molecule has 0 aliphatic carbocycles. The highest BCUT2D eigenvalue weighted by Gasteiger charge is 2.41. The van der Waals surface area contributed by atoms with Crippen LogP contribution in [0.15, 0.2) is 36.4 Å². The molecule has 2 aromatic rings. The molecule has 14 heteroatoms. The molecule has 1 fully saturated rings. The second kappa shape index (κ2) is 9.58. The number of nitrogens with one attached hydrogen (secondary N) is 2. The maximum Gasteiger partial charge on any atom is 0.416 e. The molecule has 0 spiro atoms. The Kier molecular flexibility index (Phi) is 6.76. The lowest BCUT2D eigenvalue weighted by Gasteiger charge is -2.29. The molecule has 2 aliphatic heterocycles. The van der Waals surface area contributed by atoms with Crippen molar-refractivity contribution in [3.8, 4) is 0 Å². The first-order valence-electron chi connectivity index (χ1n) is 11.0. The van der Waals surface area contributed by atoms with Crippen molar-refractivity contribution in [1.29, 1.82) is 0 Å². The minimum absolute atomic E-state index is 0.00394. The van der Waals surface area contributed by atoms with Gasteiger partial charge >= 0.3 is 12.4 Å². The smallest absolute Gasteiger partial charge is 0.322 e. The van der Waals surface area contributed by atoms with E-state index < -0.39 is 71.0 Å². The van der Waals surface area contributed by atoms with Crippen molar-refractivity contribution < 1.29 is 50.3 Å². The largest absolute Gasteiger partial charge is 0.416 e. The molecule has 200 valence electrons. The molecule has 2 heterocycles. The Bertz CT molecular complexity index is 1340. The highest BCUT2D eigenvalue weighted by molar-refractivity contribution is 6.14. The van der Waals surface area contributed by atoms with Crippen molar-refractivity contribution in [1.82, 2.24) is 15.5 Å². The molecule has 0 saturated carbocycles. The summed E-state index contributed by atoms with van der Waals surface area (Å²) in [6, 6.07) is 3.83. The van der Waals surface area contributed by atoms with Crippen LogP contribution in [0.4, 0.5) is 26.3 Å². The Morgan fingerprint density at radius 3 is 2.18 bits per heavy atom. The third-order valence-electron chi connectivity index (χ3n) is 6.06. The fourth-order valence-corrected chi connectivity index (χ4v) is 4.35. The predicted octanol–water partition coefficient (Wildman–Crippen LogP) is 2.98. The molecule has 0 radical (unpaired) electrons. The number of fused-ring (bicyclic) bond motifs is 1. The van der Waals surface area contributed by atoms with E-state index in [1.807, 2.05) is 5.32 Å². The van der Waals surface area contributed by atoms with Gasteiger partial charge in [-0.3, -0.25) is 34.6 Å². The van der Waals surface area contributed by atoms with Crippen LogP contribution in [-0.2, 0) is 39.7 Å². The monoisotopic (exact) mass is 541 g/mol. The lowest BCUT2D eigenvalue weighted by molar-refractivity contribution is -0.143. The van der Waals surface area contributed by atoms with Gasteiger partial charge in [0, 0.05) is 13.0 Å². The SMILES string of the molecule is O=C(Cc1cc(C(F)(F)F)cc(C(F)(F)F)c1)NC(=O)c1cccc2c1C(=O)N(C1CCC(=O)NC1=O)C2. The van der Waals surface area contributed by atoms with Crippen molar-refractivity contribution in [3.63, 3.8) is 0 Å². The number of nitrogens with zero attached hydrogens (tertiary/aromatic N) is 1. The quantitative estimate of drug-likeness (QED) is 0.457. The molecule has 8 nitrogen and oxygen atoms in total. The number of rotatable bonds is 4. The fraction of sp³-hybridized carbons (Fsp3) is 0.292. The number of imide groups is 2. The van der Waals surface area contributed by atoms with Crippen molar-refractivity contribution in [2.24, 2.45) is 0 Å². The van der Waals surface area contributed by atoms with Crippen LogP contribution in [-0.4, -0.2) is 40.5 Å². The summed E-state index contributed by atoms with van der Waals surface area (Å²) in [5, 5.41) is 4.02. The van der Waals surface area contributed by atoms with Gasteiger partial charge in [-0.15, -0.1) is 0 Å². The predicted molar refractivity (Wildman–Crippen MR) is 115 cm³/mol. The molecule has 2 N–H and O–H groups in total. The molecule has 1 saturated heterocycles. The first-order chi connectivity index (χ1) is 17.6. The van der Waals surface area contributed by atoms with Gasteiger partial charge in [0.2, 0.25) is 17.7 Å². The zero-order chi connectivity index (χ0) is 28.0. The average molecular weight is 541 g/mol. The van der Waals surface area contributed by atoms with E-state index in [4.69, 9.17) is 0 Å². The van der Waals surface area contributed by atoms with Gasteiger partial charge in [-0.1, -0.05) is 12.1 Å². The lowest BCUT2D eigenvalue weighted by atomic mass is 10.0. The molecule has 0 aromatic heterocycles. The van der Waals surface area contributed by atoms with Crippen LogP contribution in [0.25, 0.3) is 0 Å². The van der Waals surface area contributed by atoms with Gasteiger partial charge in [-0.05, 0) is 41.8 Å². The molecule has 0 bridgehead atoms. The molecule has 1 atom stereocenters. The number of hydrogen-bond donors (Lipinski definition) is 2. The Hall–Kier alpha value is -4.23. The molecule has 38 heavy (non-hydrogen) atoms. The number of carbonyl (C=O) groups is 5. The first-order valence-corrected chi connectivity index (χ1v) is 11.0. The maximum atomic E-state index is 13.1. The number of halogens is 6. The zero-order valence-electron chi connectivity index (χ0n) is 19.1. The summed E-state index contributed by atoms with van der Waals surface area (Å²) >= 11 is 0. The summed E-state index contributed by atoms with van der Waals surface area (Å²) in [6.45, 7) is -0.0556. The van der Waals surface area contributed by atoms with Crippen LogP contribution < -0.4 is 10.6 Å². The van der Waals surface area contributed by atoms with Gasteiger partial charge < -0.3 is 4.90 Å². The highest BCUT2D eigenvalue weighted by Crippen LogP contribution is 2.36. The third-order valence-corrected chi connectivity index (χ3v) is 6.06. The van der Waals surface area contributed by atoms with Crippen LogP contribution >= 0.6 is 0 Å². The molecule has 2 aliphatic rings. The number of benzene rings is 2. The summed E-state index contributed by atoms with van der Waals surface area (Å²) in [7, 11) is 0. The summed E-state index contributed by atoms with van der Waals surface area (Å²) in [5.41, 5.74) is -3.87. The molecule has 1 unspecified atom stereocenters. The summed E-state index contributed by atoms with van der Waals surface area (Å²) < 4.78 is 78.5. The van der Waals surface area contributed by atoms with Gasteiger partial charge in [0.05, 0.1) is 28.7 Å². The van der Waals surface area contributed by atoms with Gasteiger partial charge in [0.25, 0.3) is 11.8 Å². The molecule has 2 aromatic carbocycles. The number of carbonyl (C=O) groups excluding carboxylic acids is 5. The van der Waals surface area contributed by atoms with Crippen LogP contribution in [0.5, 0.6) is 0 Å². The van der Waals surface area contributed by atoms with Crippen LogP contribution in [0, 0.1) is 0 Å². The molecular weight excluding hydrogens is 524 g/mol. The Morgan fingerprint density at radius 1 is 0.974 bits per heavy atom. The fourth-order valence-electron chi connectivity index (χ4n) is 4.35. The minimum Gasteiger partial charge on any atom is -0.322 e. The standard InChI is InChI=1S/C24H17F6N3O5/c25-23(26,27)13-6-11(7-14(9-13)24(28,29)30)8-18(35)32-20(36)15-3-1-2-12-10-33(22(38)19(12)15)16-4-5-17(34)31-21(16)37/h1-3,6-7,9,16H,4-5,8,10H2,(H,31,34,37)(H,32,35,36). The highest BCUT2D eigenvalue weighted by atomic mass is 19.4. The van der Waals surface area contributed by atoms with Crippen LogP contribution in [0.1, 0.15) is 55.8 Å². The van der Waals surface area contributed by atoms with Gasteiger partial charge in [-0.2, -0.15) is 26.3 Å². The lowest BCUT2D eigenvalue weighted by Crippen LogP contribution is -2.52. The van der Waals surface area contributed by atoms with Crippen molar-refractivity contribution in [3.05, 3.63) is 69.8 Å². The Labute approximate surface area is 210 Å². The first kappa shape index (κ1) is 26.8. The van der Waals surface area contributed by atoms with Gasteiger partial charge in [0.1, 0.15) is 6.04 Å². The summed E-state index contributed by atoms with van der Waals surface area (Å²) in [6.07, 6.45) is -11.1.